The first-order valence-corrected chi connectivity index (χ1v) is 9.15. The van der Waals surface area contributed by atoms with Crippen LogP contribution in [0.2, 0.25) is 5.02 Å². The molecule has 0 aromatic heterocycles. The van der Waals surface area contributed by atoms with Gasteiger partial charge in [-0.3, -0.25) is 0 Å². The number of ether oxygens (including phenoxy) is 1. The molecule has 2 rings (SSSR count). The molecule has 0 spiro atoms. The van der Waals surface area contributed by atoms with Crippen molar-refractivity contribution in [2.75, 3.05) is 13.2 Å². The molecule has 0 radical (unpaired) electrons. The minimum Gasteiger partial charge on any atom is -0.378 e. The number of nitrogens with one attached hydrogen (secondary N) is 1. The van der Waals surface area contributed by atoms with E-state index in [2.05, 4.69) is 20.7 Å². The Labute approximate surface area is 133 Å². The molecule has 2 atom stereocenters. The van der Waals surface area contributed by atoms with Crippen LogP contribution in [0.4, 0.5) is 0 Å². The van der Waals surface area contributed by atoms with Crippen LogP contribution < -0.4 is 4.72 Å². The van der Waals surface area contributed by atoms with E-state index in [9.17, 15) is 8.42 Å². The van der Waals surface area contributed by atoms with Crippen LogP contribution in [0.5, 0.6) is 0 Å². The number of hydrogen-bond donors (Lipinski definition) is 1. The van der Waals surface area contributed by atoms with Gasteiger partial charge in [0.25, 0.3) is 0 Å². The summed E-state index contributed by atoms with van der Waals surface area (Å²) in [6.45, 7) is 3.13. The van der Waals surface area contributed by atoms with Crippen LogP contribution in [0.25, 0.3) is 0 Å². The predicted molar refractivity (Wildman–Crippen MR) is 82.5 cm³/mol. The molecule has 0 saturated carbocycles. The first kappa shape index (κ1) is 16.2. The zero-order valence-electron chi connectivity index (χ0n) is 11.1. The fourth-order valence-electron chi connectivity index (χ4n) is 2.37. The Morgan fingerprint density at radius 3 is 2.90 bits per heavy atom. The largest absolute Gasteiger partial charge is 0.378 e. The van der Waals surface area contributed by atoms with Gasteiger partial charge in [0, 0.05) is 23.5 Å². The van der Waals surface area contributed by atoms with Crippen molar-refractivity contribution in [1.82, 2.24) is 4.72 Å². The number of halogens is 2. The van der Waals surface area contributed by atoms with E-state index in [1.807, 2.05) is 6.92 Å². The van der Waals surface area contributed by atoms with E-state index in [1.54, 1.807) is 12.1 Å². The third-order valence-electron chi connectivity index (χ3n) is 3.47. The van der Waals surface area contributed by atoms with Gasteiger partial charge in [-0.25, -0.2) is 13.1 Å². The molecule has 112 valence electrons. The highest BCUT2D eigenvalue weighted by atomic mass is 79.9. The van der Waals surface area contributed by atoms with Gasteiger partial charge in [0.1, 0.15) is 4.90 Å². The lowest BCUT2D eigenvalue weighted by Gasteiger charge is -2.17. The molecule has 2 unspecified atom stereocenters. The molecule has 1 N–H and O–H groups in total. The smallest absolute Gasteiger partial charge is 0.242 e. The van der Waals surface area contributed by atoms with Crippen molar-refractivity contribution in [1.29, 1.82) is 0 Å². The molecular weight excluding hydrogens is 366 g/mol. The van der Waals surface area contributed by atoms with E-state index < -0.39 is 10.0 Å². The minimum absolute atomic E-state index is 0.106. The molecule has 7 heteroatoms. The van der Waals surface area contributed by atoms with Crippen molar-refractivity contribution in [3.63, 3.8) is 0 Å². The minimum atomic E-state index is -3.59. The van der Waals surface area contributed by atoms with Crippen molar-refractivity contribution >= 4 is 37.6 Å². The summed E-state index contributed by atoms with van der Waals surface area (Å²) in [4.78, 5) is 0.106. The maximum absolute atomic E-state index is 12.3. The lowest BCUT2D eigenvalue weighted by molar-refractivity contribution is 0.0884. The van der Waals surface area contributed by atoms with Gasteiger partial charge in [-0.1, -0.05) is 34.5 Å². The highest BCUT2D eigenvalue weighted by molar-refractivity contribution is 9.10. The van der Waals surface area contributed by atoms with Gasteiger partial charge in [0.15, 0.2) is 0 Å². The summed E-state index contributed by atoms with van der Waals surface area (Å²) in [7, 11) is -3.59. The van der Waals surface area contributed by atoms with Gasteiger partial charge in [-0.05, 0) is 31.0 Å². The second kappa shape index (κ2) is 6.75. The number of rotatable bonds is 5. The zero-order valence-corrected chi connectivity index (χ0v) is 14.3. The molecule has 1 heterocycles. The van der Waals surface area contributed by atoms with E-state index in [0.717, 1.165) is 17.3 Å². The Balaban J connectivity index is 2.07. The summed E-state index contributed by atoms with van der Waals surface area (Å²) < 4.78 is 33.5. The van der Waals surface area contributed by atoms with Crippen LogP contribution in [0.3, 0.4) is 0 Å². The SMILES string of the molecule is CCC1OCCC1CNS(=O)(=O)c1ccc(Br)cc1Cl. The molecule has 20 heavy (non-hydrogen) atoms. The lowest BCUT2D eigenvalue weighted by atomic mass is 10.0. The second-order valence-corrected chi connectivity index (χ2v) is 7.85. The molecule has 1 aliphatic rings. The molecule has 1 fully saturated rings. The quantitative estimate of drug-likeness (QED) is 0.851. The fraction of sp³-hybridized carbons (Fsp3) is 0.538. The summed E-state index contributed by atoms with van der Waals surface area (Å²) in [5.41, 5.74) is 0. The third-order valence-corrected chi connectivity index (χ3v) is 5.87. The second-order valence-electron chi connectivity index (χ2n) is 4.79. The summed E-state index contributed by atoms with van der Waals surface area (Å²) in [6, 6.07) is 4.73. The molecule has 0 bridgehead atoms. The number of sulfonamides is 1. The Morgan fingerprint density at radius 2 is 2.25 bits per heavy atom. The van der Waals surface area contributed by atoms with Crippen molar-refractivity contribution in [2.24, 2.45) is 5.92 Å². The van der Waals surface area contributed by atoms with Crippen LogP contribution >= 0.6 is 27.5 Å². The Bertz CT molecular complexity index is 579. The highest BCUT2D eigenvalue weighted by Gasteiger charge is 2.28. The van der Waals surface area contributed by atoms with Crippen LogP contribution in [-0.4, -0.2) is 27.7 Å². The van der Waals surface area contributed by atoms with E-state index >= 15 is 0 Å². The van der Waals surface area contributed by atoms with Crippen LogP contribution in [0, 0.1) is 5.92 Å². The standard InChI is InChI=1S/C13H17BrClNO3S/c1-2-12-9(5-6-19-12)8-16-20(17,18)13-4-3-10(14)7-11(13)15/h3-4,7,9,12,16H,2,5-6,8H2,1H3. The molecule has 1 aromatic rings. The first-order valence-electron chi connectivity index (χ1n) is 6.50. The van der Waals surface area contributed by atoms with Crippen molar-refractivity contribution in [2.45, 2.75) is 30.8 Å². The monoisotopic (exact) mass is 381 g/mol. The molecule has 4 nitrogen and oxygen atoms in total. The van der Waals surface area contributed by atoms with Gasteiger partial charge < -0.3 is 4.74 Å². The molecule has 1 aromatic carbocycles. The van der Waals surface area contributed by atoms with Crippen LogP contribution in [-0.2, 0) is 14.8 Å². The fourth-order valence-corrected chi connectivity index (χ4v) is 4.50. The third kappa shape index (κ3) is 3.74. The van der Waals surface area contributed by atoms with Gasteiger partial charge in [-0.2, -0.15) is 0 Å². The van der Waals surface area contributed by atoms with Gasteiger partial charge >= 0.3 is 0 Å². The van der Waals surface area contributed by atoms with Crippen LogP contribution in [0.15, 0.2) is 27.6 Å². The molecule has 1 aliphatic heterocycles. The van der Waals surface area contributed by atoms with Crippen LogP contribution in [0.1, 0.15) is 19.8 Å². The topological polar surface area (TPSA) is 55.4 Å². The van der Waals surface area contributed by atoms with Crippen molar-refractivity contribution < 1.29 is 13.2 Å². The van der Waals surface area contributed by atoms with Gasteiger partial charge in [0.2, 0.25) is 10.0 Å². The first-order chi connectivity index (χ1) is 9.44. The Kier molecular flexibility index (Phi) is 5.48. The Hall–Kier alpha value is -0.140. The normalized spacial score (nSPS) is 23.1. The van der Waals surface area contributed by atoms with E-state index in [1.165, 1.54) is 6.07 Å². The van der Waals surface area contributed by atoms with Gasteiger partial charge in [-0.15, -0.1) is 0 Å². The van der Waals surface area contributed by atoms with Crippen molar-refractivity contribution in [3.8, 4) is 0 Å². The van der Waals surface area contributed by atoms with E-state index in [4.69, 9.17) is 16.3 Å². The molecule has 0 amide bonds. The van der Waals surface area contributed by atoms with E-state index in [-0.39, 0.29) is 21.9 Å². The maximum atomic E-state index is 12.3. The molecule has 1 saturated heterocycles. The summed E-state index contributed by atoms with van der Waals surface area (Å²) in [5.74, 6) is 0.226. The summed E-state index contributed by atoms with van der Waals surface area (Å²) >= 11 is 9.25. The lowest BCUT2D eigenvalue weighted by Crippen LogP contribution is -2.32. The van der Waals surface area contributed by atoms with E-state index in [0.29, 0.717) is 13.2 Å². The maximum Gasteiger partial charge on any atom is 0.242 e. The van der Waals surface area contributed by atoms with Gasteiger partial charge in [0.05, 0.1) is 11.1 Å². The Morgan fingerprint density at radius 1 is 1.50 bits per heavy atom. The highest BCUT2D eigenvalue weighted by Crippen LogP contribution is 2.26. The number of hydrogen-bond acceptors (Lipinski definition) is 3. The number of benzene rings is 1. The average molecular weight is 383 g/mol. The molecule has 0 aliphatic carbocycles. The predicted octanol–water partition coefficient (Wildman–Crippen LogP) is 3.20. The zero-order chi connectivity index (χ0) is 14.8. The van der Waals surface area contributed by atoms with Crippen molar-refractivity contribution in [3.05, 3.63) is 27.7 Å². The molecular formula is C13H17BrClNO3S. The summed E-state index contributed by atoms with van der Waals surface area (Å²) in [6.07, 6.45) is 1.92. The average Bonchev–Trinajstić information content (AvgIpc) is 2.83. The summed E-state index contributed by atoms with van der Waals surface area (Å²) in [5, 5.41) is 0.210.